The number of piperidine rings is 1. The van der Waals surface area contributed by atoms with Crippen molar-refractivity contribution in [2.45, 2.75) is 65.9 Å². The summed E-state index contributed by atoms with van der Waals surface area (Å²) in [6.07, 6.45) is 10.7. The highest BCUT2D eigenvalue weighted by Gasteiger charge is 2.38. The number of ether oxygens (including phenoxy) is 1. The highest BCUT2D eigenvalue weighted by atomic mass is 35.5. The molecular formula is C31H50ClN3O4. The second-order valence-electron chi connectivity index (χ2n) is 11.0. The number of likely N-dealkylation sites (tertiary alicyclic amines) is 1. The van der Waals surface area contributed by atoms with Gasteiger partial charge in [0.2, 0.25) is 5.88 Å². The van der Waals surface area contributed by atoms with Crippen LogP contribution in [0.25, 0.3) is 0 Å². The van der Waals surface area contributed by atoms with Gasteiger partial charge in [0.1, 0.15) is 5.75 Å². The average Bonchev–Trinajstić information content (AvgIpc) is 2.83. The van der Waals surface area contributed by atoms with E-state index in [1.807, 2.05) is 36.4 Å². The predicted molar refractivity (Wildman–Crippen MR) is 164 cm³/mol. The van der Waals surface area contributed by atoms with Gasteiger partial charge in [-0.05, 0) is 60.4 Å². The van der Waals surface area contributed by atoms with Crippen LogP contribution in [0, 0.1) is 17.3 Å². The Kier molecular flexibility index (Phi) is 15.8. The number of allylic oxidation sites excluding steroid dienone is 4. The van der Waals surface area contributed by atoms with Crippen LogP contribution >= 0.6 is 11.6 Å². The Hall–Kier alpha value is -2.26. The molecule has 1 saturated heterocycles. The van der Waals surface area contributed by atoms with Crippen LogP contribution in [0.15, 0.2) is 72.5 Å². The van der Waals surface area contributed by atoms with E-state index < -0.39 is 0 Å². The molecule has 4 rings (SSSR count). The molecule has 2 aliphatic rings. The van der Waals surface area contributed by atoms with Gasteiger partial charge in [-0.2, -0.15) is 0 Å². The van der Waals surface area contributed by atoms with Crippen LogP contribution in [0.2, 0.25) is 0 Å². The van der Waals surface area contributed by atoms with Crippen molar-refractivity contribution >= 4 is 11.6 Å². The molecule has 1 aliphatic heterocycles. The second kappa shape index (κ2) is 16.8. The molecule has 1 aliphatic carbocycles. The molecular weight excluding hydrogens is 514 g/mol. The molecule has 7 N–H and O–H groups in total. The van der Waals surface area contributed by atoms with Gasteiger partial charge >= 0.3 is 0 Å². The third-order valence-electron chi connectivity index (χ3n) is 7.41. The van der Waals surface area contributed by atoms with Gasteiger partial charge in [-0.3, -0.25) is 0 Å². The van der Waals surface area contributed by atoms with Crippen LogP contribution in [-0.2, 0) is 6.54 Å². The summed E-state index contributed by atoms with van der Waals surface area (Å²) in [6.45, 7) is 13.5. The fourth-order valence-electron chi connectivity index (χ4n) is 5.39. The molecule has 2 aromatic rings. The summed E-state index contributed by atoms with van der Waals surface area (Å²) < 4.78 is 6.07. The van der Waals surface area contributed by atoms with Gasteiger partial charge in [0.05, 0.1) is 5.38 Å². The molecule has 3 atom stereocenters. The zero-order valence-electron chi connectivity index (χ0n) is 23.1. The Morgan fingerprint density at radius 1 is 1.10 bits per heavy atom. The van der Waals surface area contributed by atoms with Gasteiger partial charge in [-0.1, -0.05) is 77.6 Å². The van der Waals surface area contributed by atoms with E-state index in [1.54, 1.807) is 6.20 Å². The number of aromatic nitrogens is 1. The van der Waals surface area contributed by atoms with Gasteiger partial charge < -0.3 is 31.4 Å². The minimum absolute atomic E-state index is 0. The molecule has 0 saturated carbocycles. The number of pyridine rings is 1. The highest BCUT2D eigenvalue weighted by molar-refractivity contribution is 6.22. The highest BCUT2D eigenvalue weighted by Crippen LogP contribution is 2.41. The van der Waals surface area contributed by atoms with Gasteiger partial charge in [-0.25, -0.2) is 4.98 Å². The molecule has 7 nitrogen and oxygen atoms in total. The van der Waals surface area contributed by atoms with Gasteiger partial charge in [-0.15, -0.1) is 11.6 Å². The summed E-state index contributed by atoms with van der Waals surface area (Å²) in [5.74, 6) is 2.60. The van der Waals surface area contributed by atoms with Crippen molar-refractivity contribution in [1.82, 2.24) is 15.2 Å². The molecule has 1 fully saturated rings. The summed E-state index contributed by atoms with van der Waals surface area (Å²) in [5, 5.41) is 3.97. The molecule has 39 heavy (non-hydrogen) atoms. The standard InChI is InChI=1S/C30H40ClN3O.CH4.3H2O/c1-22(2)28(33-19-24-9-8-17-32-29(24)35-26-10-6-5-7-11-26)20-34-18-16-27(30(3,4)21-34)23-12-14-25(31)15-13-23;;;;/h5-14,17,22,25,27-28,33H,15-16,18-21H2,1-4H3;1H4;3*1H2/t25?,27-,28+;;;;/m1..../s1. The zero-order valence-corrected chi connectivity index (χ0v) is 23.8. The predicted octanol–water partition coefficient (Wildman–Crippen LogP) is 4.99. The summed E-state index contributed by atoms with van der Waals surface area (Å²) in [5.41, 5.74) is 2.79. The van der Waals surface area contributed by atoms with E-state index in [0.29, 0.717) is 23.8 Å². The maximum Gasteiger partial charge on any atom is 0.223 e. The molecule has 0 amide bonds. The number of hydrogen-bond donors (Lipinski definition) is 1. The van der Waals surface area contributed by atoms with E-state index in [0.717, 1.165) is 43.9 Å². The molecule has 1 aromatic heterocycles. The van der Waals surface area contributed by atoms with Crippen LogP contribution in [-0.4, -0.2) is 57.4 Å². The molecule has 1 unspecified atom stereocenters. The fraction of sp³-hybridized carbons (Fsp3) is 0.516. The Morgan fingerprint density at radius 2 is 1.82 bits per heavy atom. The minimum Gasteiger partial charge on any atom is -0.439 e. The number of alkyl halides is 1. The maximum atomic E-state index is 6.27. The smallest absolute Gasteiger partial charge is 0.223 e. The SMILES string of the molecule is C.CC(C)[C@H](CN1CC[C@H](C2=CCC(Cl)C=C2)C(C)(C)C1)NCc1cccnc1Oc1ccccc1.O.O.O. The van der Waals surface area contributed by atoms with Gasteiger partial charge in [0.15, 0.2) is 0 Å². The Bertz CT molecular complexity index is 1030. The van der Waals surface area contributed by atoms with Crippen molar-refractivity contribution in [3.05, 3.63) is 78.0 Å². The first-order valence-corrected chi connectivity index (χ1v) is 13.4. The lowest BCUT2D eigenvalue weighted by Gasteiger charge is -2.46. The summed E-state index contributed by atoms with van der Waals surface area (Å²) >= 11 is 6.27. The minimum atomic E-state index is 0. The molecule has 0 radical (unpaired) electrons. The molecule has 0 spiro atoms. The lowest BCUT2D eigenvalue weighted by molar-refractivity contribution is 0.0630. The molecule has 1 aromatic carbocycles. The summed E-state index contributed by atoms with van der Waals surface area (Å²) in [4.78, 5) is 7.15. The van der Waals surface area contributed by atoms with Crippen LogP contribution in [0.4, 0.5) is 0 Å². The van der Waals surface area contributed by atoms with Crippen LogP contribution in [0.5, 0.6) is 11.6 Å². The lowest BCUT2D eigenvalue weighted by Crippen LogP contribution is -2.51. The quantitative estimate of drug-likeness (QED) is 0.430. The van der Waals surface area contributed by atoms with Crippen LogP contribution < -0.4 is 10.1 Å². The van der Waals surface area contributed by atoms with E-state index in [2.05, 4.69) is 67.2 Å². The second-order valence-corrected chi connectivity index (χ2v) is 11.6. The summed E-state index contributed by atoms with van der Waals surface area (Å²) in [7, 11) is 0. The third-order valence-corrected chi connectivity index (χ3v) is 7.73. The maximum absolute atomic E-state index is 6.27. The third kappa shape index (κ3) is 10.0. The molecule has 220 valence electrons. The van der Waals surface area contributed by atoms with E-state index in [9.17, 15) is 0 Å². The van der Waals surface area contributed by atoms with E-state index in [4.69, 9.17) is 16.3 Å². The van der Waals surface area contributed by atoms with Crippen molar-refractivity contribution in [1.29, 1.82) is 0 Å². The van der Waals surface area contributed by atoms with Crippen LogP contribution in [0.3, 0.4) is 0 Å². The van der Waals surface area contributed by atoms with Crippen molar-refractivity contribution in [2.75, 3.05) is 19.6 Å². The zero-order chi connectivity index (χ0) is 24.8. The van der Waals surface area contributed by atoms with Crippen molar-refractivity contribution in [3.63, 3.8) is 0 Å². The molecule has 0 bridgehead atoms. The number of benzene rings is 1. The first-order chi connectivity index (χ1) is 16.8. The number of rotatable bonds is 9. The molecule has 2 heterocycles. The fourth-order valence-corrected chi connectivity index (χ4v) is 5.55. The monoisotopic (exact) mass is 563 g/mol. The van der Waals surface area contributed by atoms with Crippen molar-refractivity contribution in [2.24, 2.45) is 17.3 Å². The first-order valence-electron chi connectivity index (χ1n) is 13.0. The number of para-hydroxylation sites is 1. The largest absolute Gasteiger partial charge is 0.439 e. The van der Waals surface area contributed by atoms with E-state index in [-0.39, 0.29) is 34.6 Å². The van der Waals surface area contributed by atoms with Crippen molar-refractivity contribution < 1.29 is 21.2 Å². The number of halogens is 1. The average molecular weight is 564 g/mol. The van der Waals surface area contributed by atoms with E-state index >= 15 is 0 Å². The topological polar surface area (TPSA) is 132 Å². The number of nitrogens with one attached hydrogen (secondary N) is 1. The molecule has 8 heteroatoms. The Morgan fingerprint density at radius 3 is 2.44 bits per heavy atom. The summed E-state index contributed by atoms with van der Waals surface area (Å²) in [6, 6.07) is 14.3. The van der Waals surface area contributed by atoms with E-state index in [1.165, 1.54) is 12.0 Å². The number of nitrogens with zero attached hydrogens (tertiary/aromatic N) is 2. The number of hydrogen-bond acceptors (Lipinski definition) is 4. The van der Waals surface area contributed by atoms with Crippen molar-refractivity contribution in [3.8, 4) is 11.6 Å². The normalized spacial score (nSPS) is 20.8. The Labute approximate surface area is 240 Å². The first kappa shape index (κ1) is 36.7. The van der Waals surface area contributed by atoms with Gasteiger partial charge in [0, 0.05) is 37.4 Å². The Balaban J connectivity index is 0.00000361. The lowest BCUT2D eigenvalue weighted by atomic mass is 9.69. The van der Waals surface area contributed by atoms with Gasteiger partial charge in [0.25, 0.3) is 0 Å². The van der Waals surface area contributed by atoms with Crippen LogP contribution in [0.1, 0.15) is 53.5 Å².